The van der Waals surface area contributed by atoms with Crippen molar-refractivity contribution in [3.05, 3.63) is 157 Å². The number of benzene rings is 5. The number of urea groups is 2. The summed E-state index contributed by atoms with van der Waals surface area (Å²) in [7, 11) is 7.94. The van der Waals surface area contributed by atoms with E-state index in [0.717, 1.165) is 69.5 Å². The first-order valence-corrected chi connectivity index (χ1v) is 30.0. The number of hydrogen-bond donors (Lipinski definition) is 3. The molecule has 18 nitrogen and oxygen atoms in total. The molecule has 0 aliphatic carbocycles. The number of amides is 4. The molecule has 0 radical (unpaired) electrons. The minimum Gasteiger partial charge on any atom is -0.507 e. The van der Waals surface area contributed by atoms with Crippen LogP contribution < -0.4 is 0 Å². The van der Waals surface area contributed by atoms with Crippen LogP contribution >= 0.6 is 0 Å². The van der Waals surface area contributed by atoms with Crippen molar-refractivity contribution in [1.29, 1.82) is 0 Å². The molecule has 7 rings (SSSR count). The Balaban J connectivity index is 0.000000286. The first kappa shape index (κ1) is 76.9. The van der Waals surface area contributed by atoms with Crippen LogP contribution in [-0.4, -0.2) is 164 Å². The van der Waals surface area contributed by atoms with Crippen LogP contribution in [0, 0.1) is 0 Å². The van der Waals surface area contributed by atoms with Crippen LogP contribution in [0.2, 0.25) is 0 Å². The van der Waals surface area contributed by atoms with Crippen molar-refractivity contribution >= 4 is 24.0 Å². The largest absolute Gasteiger partial charge is 0.507 e. The van der Waals surface area contributed by atoms with Crippen molar-refractivity contribution < 1.29 is 107 Å². The molecule has 2 unspecified atom stereocenters. The number of phenolic OH excluding ortho intramolecular Hbond substituents is 3. The Morgan fingerprint density at radius 2 is 0.798 bits per heavy atom. The minimum absolute atomic E-state index is 0.114. The van der Waals surface area contributed by atoms with E-state index < -0.39 is 59.2 Å². The van der Waals surface area contributed by atoms with Gasteiger partial charge in [0, 0.05) is 76.2 Å². The lowest BCUT2D eigenvalue weighted by atomic mass is 9.68. The minimum atomic E-state index is -5.95. The van der Waals surface area contributed by atoms with E-state index in [1.165, 1.54) is 19.8 Å². The molecule has 2 fully saturated rings. The summed E-state index contributed by atoms with van der Waals surface area (Å²) in [5.41, 5.74) is 7.57. The molecule has 5 aromatic carbocycles. The number of methoxy groups -OCH3 is 5. The van der Waals surface area contributed by atoms with E-state index in [1.807, 2.05) is 39.0 Å². The zero-order valence-electron chi connectivity index (χ0n) is 55.0. The Kier molecular flexibility index (Phi) is 26.2. The third kappa shape index (κ3) is 17.0. The van der Waals surface area contributed by atoms with Gasteiger partial charge in [0.1, 0.15) is 36.9 Å². The lowest BCUT2D eigenvalue weighted by molar-refractivity contribution is -0.307. The highest BCUT2D eigenvalue weighted by atomic mass is 19.4. The van der Waals surface area contributed by atoms with Crippen LogP contribution in [0.25, 0.3) is 0 Å². The molecule has 0 spiro atoms. The van der Waals surface area contributed by atoms with Gasteiger partial charge in [0.05, 0.1) is 30.9 Å². The Labute approximate surface area is 541 Å². The third-order valence-electron chi connectivity index (χ3n) is 16.5. The summed E-state index contributed by atoms with van der Waals surface area (Å²) in [4.78, 5) is 54.5. The van der Waals surface area contributed by atoms with E-state index in [0.29, 0.717) is 55.4 Å². The Hall–Kier alpha value is -7.85. The normalized spacial score (nSPS) is 16.1. The first-order valence-electron chi connectivity index (χ1n) is 30.0. The highest BCUT2D eigenvalue weighted by Gasteiger charge is 2.60. The van der Waals surface area contributed by atoms with E-state index in [4.69, 9.17) is 23.7 Å². The number of nitrogens with zero attached hydrogens (tertiary/aromatic N) is 4. The summed E-state index contributed by atoms with van der Waals surface area (Å²) in [6.07, 6.45) is -22.2. The summed E-state index contributed by atoms with van der Waals surface area (Å²) < 4.78 is 145. The average molecular weight is 1340 g/mol. The maximum atomic E-state index is 12.4. The highest BCUT2D eigenvalue weighted by Crippen LogP contribution is 2.46. The quantitative estimate of drug-likeness (QED) is 0.0299. The predicted molar refractivity (Wildman–Crippen MR) is 328 cm³/mol. The molecule has 27 heteroatoms. The Morgan fingerprint density at radius 1 is 0.457 bits per heavy atom. The van der Waals surface area contributed by atoms with Crippen LogP contribution in [0.15, 0.2) is 84.9 Å². The monoisotopic (exact) mass is 1340 g/mol. The molecule has 0 aromatic heterocycles. The van der Waals surface area contributed by atoms with Gasteiger partial charge in [-0.1, -0.05) is 83.1 Å². The molecular formula is C67H83F9N4O14. The molecule has 5 aromatic rings. The third-order valence-corrected chi connectivity index (χ3v) is 16.5. The Bertz CT molecular complexity index is 3320. The van der Waals surface area contributed by atoms with Crippen molar-refractivity contribution in [1.82, 2.24) is 19.6 Å². The summed E-state index contributed by atoms with van der Waals surface area (Å²) in [5, 5.41) is 33.0. The summed E-state index contributed by atoms with van der Waals surface area (Å²) in [5.74, 6) is -2.85. The molecule has 3 N–H and O–H groups in total. The number of ether oxygens (including phenoxy) is 7. The lowest BCUT2D eigenvalue weighted by Gasteiger charge is -2.35. The number of aryl methyl sites for hydroxylation is 3. The van der Waals surface area contributed by atoms with Crippen molar-refractivity contribution in [3.8, 4) is 17.2 Å². The van der Waals surface area contributed by atoms with Gasteiger partial charge in [0.25, 0.3) is 6.10 Å². The molecule has 2 aliphatic rings. The fraction of sp³-hybridized carbons (Fsp3) is 0.493. The molecule has 2 heterocycles. The summed E-state index contributed by atoms with van der Waals surface area (Å²) in [6, 6.07) is 23.8. The maximum absolute atomic E-state index is 12.4. The van der Waals surface area contributed by atoms with Crippen LogP contribution in [0.1, 0.15) is 144 Å². The van der Waals surface area contributed by atoms with Gasteiger partial charge in [-0.3, -0.25) is 9.80 Å². The van der Waals surface area contributed by atoms with E-state index >= 15 is 0 Å². The second-order valence-corrected chi connectivity index (χ2v) is 22.9. The second-order valence-electron chi connectivity index (χ2n) is 22.9. The average Bonchev–Trinajstić information content (AvgIpc) is 1.45. The second kappa shape index (κ2) is 32.1. The maximum Gasteiger partial charge on any atom is 0.434 e. The standard InChI is InChI=1S/C41H52O6.C14H9F9O4.C12H22N4O4/c1-10-26-17-34(18-27(11-2)37(26)42)40(4,5)32-13-15-33(16-14-32)41(6,35-19-28(12-3)38(43)29(20-35)23-45-7)36-21-30(24-46-8)39(44)31(22-36)25-47-9;1-6(12(15,16)17)26-9(24)7-3-2-4-8(5-7)10(25)27-11(13(18,19)20)14(21,22)23;1-5-13-9-10(15(7-19-3)11(13)17)16(8-20-4)12(18)14(9)6-2/h13-22,42-44H,10-12,23-25H2,1-9H3;2-6,11H,1H3;9-10H,5-8H2,1-4H3. The molecule has 2 aliphatic heterocycles. The lowest BCUT2D eigenvalue weighted by Crippen LogP contribution is -2.47. The van der Waals surface area contributed by atoms with E-state index in [9.17, 15) is 74.0 Å². The molecule has 94 heavy (non-hydrogen) atoms. The summed E-state index contributed by atoms with van der Waals surface area (Å²) >= 11 is 0. The number of halogens is 9. The van der Waals surface area contributed by atoms with Gasteiger partial charge < -0.3 is 58.3 Å². The number of alkyl halides is 9. The van der Waals surface area contributed by atoms with E-state index in [2.05, 4.69) is 86.6 Å². The number of fused-ring (bicyclic) bond motifs is 1. The number of rotatable bonds is 24. The van der Waals surface area contributed by atoms with Crippen LogP contribution in [0.3, 0.4) is 0 Å². The topological polar surface area (TPSA) is 207 Å². The highest BCUT2D eigenvalue weighted by molar-refractivity contribution is 5.95. The smallest absolute Gasteiger partial charge is 0.434 e. The number of carbonyl (C=O) groups excluding carboxylic acids is 4. The van der Waals surface area contributed by atoms with E-state index in [-0.39, 0.29) is 74.6 Å². The number of phenols is 3. The number of likely N-dealkylation sites (N-methyl/N-ethyl adjacent to an activating group) is 2. The predicted octanol–water partition coefficient (Wildman–Crippen LogP) is 13.4. The zero-order chi connectivity index (χ0) is 70.6. The fourth-order valence-corrected chi connectivity index (χ4v) is 11.2. The molecule has 0 bridgehead atoms. The van der Waals surface area contributed by atoms with Gasteiger partial charge in [0.15, 0.2) is 12.3 Å². The van der Waals surface area contributed by atoms with Gasteiger partial charge in [-0.15, -0.1) is 0 Å². The van der Waals surface area contributed by atoms with Crippen molar-refractivity contribution in [2.45, 2.75) is 155 Å². The first-order chi connectivity index (χ1) is 44.0. The van der Waals surface area contributed by atoms with Crippen molar-refractivity contribution in [2.75, 3.05) is 62.1 Å². The van der Waals surface area contributed by atoms with Gasteiger partial charge in [0.2, 0.25) is 0 Å². The van der Waals surface area contributed by atoms with Crippen molar-refractivity contribution in [3.63, 3.8) is 0 Å². The van der Waals surface area contributed by atoms with Crippen LogP contribution in [-0.2, 0) is 83.1 Å². The Morgan fingerprint density at radius 3 is 1.15 bits per heavy atom. The van der Waals surface area contributed by atoms with Gasteiger partial charge in [-0.25, -0.2) is 19.2 Å². The van der Waals surface area contributed by atoms with Gasteiger partial charge >= 0.3 is 42.5 Å². The van der Waals surface area contributed by atoms with Crippen LogP contribution in [0.4, 0.5) is 49.1 Å². The van der Waals surface area contributed by atoms with Crippen LogP contribution in [0.5, 0.6) is 17.2 Å². The number of carbonyl (C=O) groups is 4. The van der Waals surface area contributed by atoms with Gasteiger partial charge in [-0.05, 0) is 128 Å². The molecule has 518 valence electrons. The molecular weight excluding hydrogens is 1260 g/mol. The zero-order valence-corrected chi connectivity index (χ0v) is 55.0. The number of esters is 2. The van der Waals surface area contributed by atoms with Gasteiger partial charge in [-0.2, -0.15) is 39.5 Å². The van der Waals surface area contributed by atoms with Crippen molar-refractivity contribution in [2.24, 2.45) is 0 Å². The fourth-order valence-electron chi connectivity index (χ4n) is 11.2. The molecule has 0 saturated carbocycles. The number of hydrogen-bond acceptors (Lipinski definition) is 14. The van der Waals surface area contributed by atoms with E-state index in [1.54, 1.807) is 40.9 Å². The SMILES string of the molecule is CC(OC(=O)c1cccc(C(=O)OC(C(F)(F)F)C(F)(F)F)c1)C(F)(F)F.CCN1C(=O)N(COC)C2C1N(CC)C(=O)N2COC.CCc1cc(C(C)(C)c2ccc(C(C)(c3cc(CC)c(O)c(COC)c3)c3cc(COC)c(O)c(COC)c3)cc2)cc(CC)c1O. The molecule has 4 amide bonds. The number of aromatic hydroxyl groups is 3. The molecule has 2 atom stereocenters. The molecule has 2 saturated heterocycles. The summed E-state index contributed by atoms with van der Waals surface area (Å²) in [6.45, 7) is 19.3.